The second-order valence-electron chi connectivity index (χ2n) is 2.20. The van der Waals surface area contributed by atoms with E-state index in [1.165, 1.54) is 0 Å². The topological polar surface area (TPSA) is 80.9 Å². The van der Waals surface area contributed by atoms with Gasteiger partial charge in [0.1, 0.15) is 0 Å². The largest absolute Gasteiger partial charge is 0.396 e. The average Bonchev–Trinajstić information content (AvgIpc) is 1.99. The Morgan fingerprint density at radius 3 is 1.90 bits per heavy atom. The van der Waals surface area contributed by atoms with Gasteiger partial charge in [-0.15, -0.1) is 0 Å². The van der Waals surface area contributed by atoms with Crippen molar-refractivity contribution in [1.82, 2.24) is 0 Å². The lowest BCUT2D eigenvalue weighted by molar-refractivity contribution is 0.0126. The normalized spacial score (nSPS) is 16.8. The molecule has 0 spiro atoms. The van der Waals surface area contributed by atoms with Crippen LogP contribution in [0.4, 0.5) is 0 Å². The monoisotopic (exact) mass is 150 g/mol. The predicted octanol–water partition coefficient (Wildman–Crippen LogP) is -1.67. The van der Waals surface area contributed by atoms with Crippen LogP contribution in [0.5, 0.6) is 0 Å². The van der Waals surface area contributed by atoms with E-state index in [1.807, 2.05) is 0 Å². The lowest BCUT2D eigenvalue weighted by Gasteiger charge is -2.16. The summed E-state index contributed by atoms with van der Waals surface area (Å²) in [4.78, 5) is 0. The molecule has 0 aliphatic rings. The maximum absolute atomic E-state index is 8.93. The van der Waals surface area contributed by atoms with Crippen molar-refractivity contribution in [3.63, 3.8) is 0 Å². The Morgan fingerprint density at radius 1 is 1.00 bits per heavy atom. The first-order chi connectivity index (χ1) is 4.76. The zero-order valence-corrected chi connectivity index (χ0v) is 5.77. The quantitative estimate of drug-likeness (QED) is 0.378. The molecular weight excluding hydrogens is 136 g/mol. The van der Waals surface area contributed by atoms with E-state index in [1.54, 1.807) is 0 Å². The Labute approximate surface area is 59.7 Å². The third kappa shape index (κ3) is 3.12. The van der Waals surface area contributed by atoms with Gasteiger partial charge in [0.25, 0.3) is 0 Å². The van der Waals surface area contributed by atoms with Gasteiger partial charge in [0.15, 0.2) is 0 Å². The molecule has 0 saturated heterocycles. The molecule has 0 aromatic rings. The van der Waals surface area contributed by atoms with Crippen LogP contribution >= 0.6 is 0 Å². The zero-order chi connectivity index (χ0) is 7.98. The molecule has 10 heavy (non-hydrogen) atoms. The van der Waals surface area contributed by atoms with E-state index >= 15 is 0 Å². The third-order valence-electron chi connectivity index (χ3n) is 1.47. The van der Waals surface area contributed by atoms with Gasteiger partial charge in [-0.1, -0.05) is 0 Å². The van der Waals surface area contributed by atoms with E-state index < -0.39 is 12.0 Å². The van der Waals surface area contributed by atoms with Crippen LogP contribution in [0.15, 0.2) is 0 Å². The van der Waals surface area contributed by atoms with Gasteiger partial charge in [-0.05, 0) is 6.42 Å². The van der Waals surface area contributed by atoms with E-state index in [0.717, 1.165) is 0 Å². The van der Waals surface area contributed by atoms with Crippen molar-refractivity contribution in [2.75, 3.05) is 19.8 Å². The molecule has 4 nitrogen and oxygen atoms in total. The minimum Gasteiger partial charge on any atom is -0.396 e. The first-order valence-corrected chi connectivity index (χ1v) is 3.26. The molecule has 0 aromatic carbocycles. The fourth-order valence-electron chi connectivity index (χ4n) is 0.720. The average molecular weight is 150 g/mol. The molecule has 2 atom stereocenters. The molecule has 0 aliphatic heterocycles. The van der Waals surface area contributed by atoms with Crippen molar-refractivity contribution in [2.45, 2.75) is 12.5 Å². The van der Waals surface area contributed by atoms with E-state index in [-0.39, 0.29) is 19.8 Å². The summed E-state index contributed by atoms with van der Waals surface area (Å²) in [6, 6.07) is 0. The van der Waals surface area contributed by atoms with E-state index in [4.69, 9.17) is 20.4 Å². The first kappa shape index (κ1) is 9.84. The molecule has 0 fully saturated rings. The van der Waals surface area contributed by atoms with Crippen molar-refractivity contribution in [2.24, 2.45) is 5.92 Å². The molecule has 0 aromatic heterocycles. The Bertz CT molecular complexity index is 76.1. The number of aliphatic hydroxyl groups excluding tert-OH is 4. The van der Waals surface area contributed by atoms with Crippen LogP contribution in [0.3, 0.4) is 0 Å². The van der Waals surface area contributed by atoms with Crippen molar-refractivity contribution in [1.29, 1.82) is 0 Å². The molecule has 0 rings (SSSR count). The van der Waals surface area contributed by atoms with Crippen LogP contribution in [0.1, 0.15) is 6.42 Å². The number of aliphatic hydroxyl groups is 4. The Morgan fingerprint density at radius 2 is 1.60 bits per heavy atom. The summed E-state index contributed by atoms with van der Waals surface area (Å²) in [5.41, 5.74) is 0. The number of rotatable bonds is 5. The predicted molar refractivity (Wildman–Crippen MR) is 35.4 cm³/mol. The minimum absolute atomic E-state index is 0.0811. The van der Waals surface area contributed by atoms with Gasteiger partial charge < -0.3 is 20.4 Å². The maximum atomic E-state index is 8.93. The zero-order valence-electron chi connectivity index (χ0n) is 5.77. The number of hydrogen-bond donors (Lipinski definition) is 4. The second kappa shape index (κ2) is 5.61. The van der Waals surface area contributed by atoms with Gasteiger partial charge in [-0.3, -0.25) is 0 Å². The summed E-state index contributed by atoms with van der Waals surface area (Å²) in [6.45, 7) is -0.657. The van der Waals surface area contributed by atoms with E-state index in [0.29, 0.717) is 6.42 Å². The fourth-order valence-corrected chi connectivity index (χ4v) is 0.720. The Kier molecular flexibility index (Phi) is 5.52. The highest BCUT2D eigenvalue weighted by atomic mass is 16.3. The van der Waals surface area contributed by atoms with Crippen molar-refractivity contribution in [3.05, 3.63) is 0 Å². The van der Waals surface area contributed by atoms with Crippen LogP contribution in [0.25, 0.3) is 0 Å². The van der Waals surface area contributed by atoms with Crippen molar-refractivity contribution < 1.29 is 20.4 Å². The Hall–Kier alpha value is -0.160. The summed E-state index contributed by atoms with van der Waals surface area (Å²) in [6.07, 6.45) is -0.602. The third-order valence-corrected chi connectivity index (χ3v) is 1.47. The molecule has 0 aliphatic carbocycles. The molecule has 4 heteroatoms. The highest BCUT2D eigenvalue weighted by Crippen LogP contribution is 2.06. The lowest BCUT2D eigenvalue weighted by Crippen LogP contribution is -2.27. The molecule has 0 saturated carbocycles. The number of hydrogen-bond acceptors (Lipinski definition) is 4. The second-order valence-corrected chi connectivity index (χ2v) is 2.20. The summed E-state index contributed by atoms with van der Waals surface area (Å²) >= 11 is 0. The molecule has 4 N–H and O–H groups in total. The smallest absolute Gasteiger partial charge is 0.0821 e. The van der Waals surface area contributed by atoms with E-state index in [9.17, 15) is 0 Å². The fraction of sp³-hybridized carbons (Fsp3) is 1.00. The highest BCUT2D eigenvalue weighted by Gasteiger charge is 2.15. The standard InChI is InChI=1S/C6H14O4/c7-2-1-5(3-8)6(10)4-9/h5-10H,1-4H2/t5-,6+/m1/s1. The van der Waals surface area contributed by atoms with Crippen molar-refractivity contribution >= 4 is 0 Å². The van der Waals surface area contributed by atoms with Gasteiger partial charge in [0, 0.05) is 19.1 Å². The maximum Gasteiger partial charge on any atom is 0.0821 e. The van der Waals surface area contributed by atoms with E-state index in [2.05, 4.69) is 0 Å². The van der Waals surface area contributed by atoms with Crippen LogP contribution < -0.4 is 0 Å². The summed E-state index contributed by atoms with van der Waals surface area (Å²) in [5.74, 6) is -0.407. The minimum atomic E-state index is -0.919. The molecule has 0 heterocycles. The van der Waals surface area contributed by atoms with Crippen LogP contribution in [0.2, 0.25) is 0 Å². The Balaban J connectivity index is 3.56. The highest BCUT2D eigenvalue weighted by molar-refractivity contribution is 4.65. The molecule has 0 amide bonds. The van der Waals surface area contributed by atoms with Gasteiger partial charge >= 0.3 is 0 Å². The molecule has 0 unspecified atom stereocenters. The molecular formula is C6H14O4. The summed E-state index contributed by atoms with van der Waals surface area (Å²) in [5, 5.41) is 34.3. The van der Waals surface area contributed by atoms with Crippen LogP contribution in [0, 0.1) is 5.92 Å². The van der Waals surface area contributed by atoms with Crippen LogP contribution in [-0.2, 0) is 0 Å². The summed E-state index contributed by atoms with van der Waals surface area (Å²) in [7, 11) is 0. The molecule has 0 radical (unpaired) electrons. The van der Waals surface area contributed by atoms with Gasteiger partial charge in [-0.2, -0.15) is 0 Å². The summed E-state index contributed by atoms with van der Waals surface area (Å²) < 4.78 is 0. The SMILES string of the molecule is OCC[C@H](CO)[C@@H](O)CO. The van der Waals surface area contributed by atoms with Crippen LogP contribution in [-0.4, -0.2) is 46.4 Å². The molecule has 62 valence electrons. The van der Waals surface area contributed by atoms with Crippen molar-refractivity contribution in [3.8, 4) is 0 Å². The van der Waals surface area contributed by atoms with Gasteiger partial charge in [-0.25, -0.2) is 0 Å². The van der Waals surface area contributed by atoms with Gasteiger partial charge in [0.05, 0.1) is 12.7 Å². The molecule has 0 bridgehead atoms. The van der Waals surface area contributed by atoms with Gasteiger partial charge in [0.2, 0.25) is 0 Å². The lowest BCUT2D eigenvalue weighted by atomic mass is 10.0. The first-order valence-electron chi connectivity index (χ1n) is 3.26.